The molecule has 0 bridgehead atoms. The smallest absolute Gasteiger partial charge is 0.239 e. The summed E-state index contributed by atoms with van der Waals surface area (Å²) in [5.74, 6) is 0.568. The number of nitrogens with zero attached hydrogens (tertiary/aromatic N) is 2. The number of aryl methyl sites for hydroxylation is 2. The first-order valence-electron chi connectivity index (χ1n) is 8.44. The molecule has 24 heavy (non-hydrogen) atoms. The van der Waals surface area contributed by atoms with E-state index < -0.39 is 5.54 Å². The Morgan fingerprint density at radius 2 is 2.21 bits per heavy atom. The summed E-state index contributed by atoms with van der Waals surface area (Å²) in [5, 5.41) is 20.3. The fourth-order valence-electron chi connectivity index (χ4n) is 3.36. The summed E-state index contributed by atoms with van der Waals surface area (Å²) in [6.07, 6.45) is 4.34. The molecule has 3 N–H and O–H groups in total. The fraction of sp³-hybridized carbons (Fsp3) is 0.444. The van der Waals surface area contributed by atoms with Gasteiger partial charge in [-0.25, -0.2) is 4.68 Å². The van der Waals surface area contributed by atoms with Crippen LogP contribution >= 0.6 is 0 Å². The lowest BCUT2D eigenvalue weighted by molar-refractivity contribution is -0.115. The van der Waals surface area contributed by atoms with Crippen LogP contribution in [0.1, 0.15) is 30.9 Å². The Balaban J connectivity index is 1.64. The van der Waals surface area contributed by atoms with Gasteiger partial charge in [-0.05, 0) is 30.4 Å². The Bertz CT molecular complexity index is 713. The van der Waals surface area contributed by atoms with E-state index in [4.69, 9.17) is 0 Å². The summed E-state index contributed by atoms with van der Waals surface area (Å²) in [7, 11) is 0. The SMILES string of the molecule is CCCn1nccc1NC(=O)CNC1(CO)CCc2ccccc21. The average molecular weight is 328 g/mol. The molecule has 1 aromatic carbocycles. The normalized spacial score (nSPS) is 19.2. The summed E-state index contributed by atoms with van der Waals surface area (Å²) >= 11 is 0. The highest BCUT2D eigenvalue weighted by atomic mass is 16.3. The van der Waals surface area contributed by atoms with E-state index in [2.05, 4.69) is 28.7 Å². The van der Waals surface area contributed by atoms with Crippen LogP contribution in [0, 0.1) is 0 Å². The molecule has 0 spiro atoms. The summed E-state index contributed by atoms with van der Waals surface area (Å²) in [4.78, 5) is 12.3. The van der Waals surface area contributed by atoms with Crippen molar-refractivity contribution in [3.05, 3.63) is 47.7 Å². The molecule has 1 heterocycles. The number of fused-ring (bicyclic) bond motifs is 1. The van der Waals surface area contributed by atoms with Crippen molar-refractivity contribution in [2.45, 2.75) is 38.3 Å². The van der Waals surface area contributed by atoms with Gasteiger partial charge >= 0.3 is 0 Å². The third kappa shape index (κ3) is 3.20. The third-order valence-corrected chi connectivity index (χ3v) is 4.63. The van der Waals surface area contributed by atoms with E-state index in [-0.39, 0.29) is 19.1 Å². The number of hydrogen-bond donors (Lipinski definition) is 3. The topological polar surface area (TPSA) is 79.2 Å². The molecule has 6 heteroatoms. The highest BCUT2D eigenvalue weighted by molar-refractivity contribution is 5.91. The van der Waals surface area contributed by atoms with Gasteiger partial charge in [-0.2, -0.15) is 5.10 Å². The lowest BCUT2D eigenvalue weighted by Gasteiger charge is -2.29. The van der Waals surface area contributed by atoms with E-state index >= 15 is 0 Å². The Kier molecular flexibility index (Phi) is 4.97. The molecule has 0 aliphatic heterocycles. The van der Waals surface area contributed by atoms with Crippen molar-refractivity contribution >= 4 is 11.7 Å². The fourth-order valence-corrected chi connectivity index (χ4v) is 3.36. The molecule has 6 nitrogen and oxygen atoms in total. The van der Waals surface area contributed by atoms with Crippen molar-refractivity contribution < 1.29 is 9.90 Å². The predicted octanol–water partition coefficient (Wildman–Crippen LogP) is 1.66. The van der Waals surface area contributed by atoms with Crippen LogP contribution < -0.4 is 10.6 Å². The van der Waals surface area contributed by atoms with Crippen LogP contribution in [0.4, 0.5) is 5.82 Å². The van der Waals surface area contributed by atoms with Gasteiger partial charge in [-0.15, -0.1) is 0 Å². The number of aromatic nitrogens is 2. The lowest BCUT2D eigenvalue weighted by Crippen LogP contribution is -2.47. The average Bonchev–Trinajstić information content (AvgIpc) is 3.19. The van der Waals surface area contributed by atoms with Crippen LogP contribution in [0.25, 0.3) is 0 Å². The lowest BCUT2D eigenvalue weighted by atomic mass is 9.92. The van der Waals surface area contributed by atoms with Crippen LogP contribution in [0.3, 0.4) is 0 Å². The van der Waals surface area contributed by atoms with E-state index in [1.54, 1.807) is 16.9 Å². The second-order valence-corrected chi connectivity index (χ2v) is 6.24. The van der Waals surface area contributed by atoms with Crippen molar-refractivity contribution in [2.75, 3.05) is 18.5 Å². The van der Waals surface area contributed by atoms with Crippen LogP contribution in [-0.2, 0) is 23.3 Å². The van der Waals surface area contributed by atoms with Crippen LogP contribution in [-0.4, -0.2) is 33.9 Å². The second-order valence-electron chi connectivity index (χ2n) is 6.24. The summed E-state index contributed by atoms with van der Waals surface area (Å²) in [5.41, 5.74) is 1.80. The maximum atomic E-state index is 12.3. The number of amides is 1. The molecule has 0 fully saturated rings. The molecule has 1 aliphatic rings. The van der Waals surface area contributed by atoms with Gasteiger partial charge < -0.3 is 10.4 Å². The Labute approximate surface area is 141 Å². The van der Waals surface area contributed by atoms with Crippen LogP contribution in [0.5, 0.6) is 0 Å². The first-order chi connectivity index (χ1) is 11.7. The largest absolute Gasteiger partial charge is 0.394 e. The number of carbonyl (C=O) groups is 1. The minimum absolute atomic E-state index is 0.0228. The van der Waals surface area contributed by atoms with Gasteiger partial charge in [0.25, 0.3) is 0 Å². The first-order valence-corrected chi connectivity index (χ1v) is 8.44. The van der Waals surface area contributed by atoms with Gasteiger partial charge in [0.05, 0.1) is 24.9 Å². The summed E-state index contributed by atoms with van der Waals surface area (Å²) in [6.45, 7) is 2.96. The molecule has 3 rings (SSSR count). The molecule has 1 amide bonds. The minimum atomic E-state index is -0.530. The van der Waals surface area contributed by atoms with Crippen LogP contribution in [0.15, 0.2) is 36.5 Å². The Hall–Kier alpha value is -2.18. The molecule has 0 saturated carbocycles. The number of hydrogen-bond acceptors (Lipinski definition) is 4. The molecular weight excluding hydrogens is 304 g/mol. The predicted molar refractivity (Wildman–Crippen MR) is 92.7 cm³/mol. The number of benzene rings is 1. The second kappa shape index (κ2) is 7.15. The number of carbonyl (C=O) groups excluding carboxylic acids is 1. The summed E-state index contributed by atoms with van der Waals surface area (Å²) < 4.78 is 1.78. The molecule has 2 aromatic rings. The molecule has 1 atom stereocenters. The molecule has 1 aliphatic carbocycles. The van der Waals surface area contributed by atoms with E-state index in [0.717, 1.165) is 31.4 Å². The van der Waals surface area contributed by atoms with Crippen LogP contribution in [0.2, 0.25) is 0 Å². The standard InChI is InChI=1S/C18H24N4O2/c1-2-11-22-16(8-10-20-22)21-17(24)12-19-18(13-23)9-7-14-5-3-4-6-15(14)18/h3-6,8,10,19,23H,2,7,9,11-13H2,1H3,(H,21,24). The Morgan fingerprint density at radius 3 is 3.00 bits per heavy atom. The number of nitrogens with one attached hydrogen (secondary N) is 2. The minimum Gasteiger partial charge on any atom is -0.394 e. The zero-order valence-corrected chi connectivity index (χ0v) is 14.0. The van der Waals surface area contributed by atoms with E-state index in [1.807, 2.05) is 18.2 Å². The molecule has 0 saturated heterocycles. The monoisotopic (exact) mass is 328 g/mol. The van der Waals surface area contributed by atoms with Gasteiger partial charge in [0.15, 0.2) is 0 Å². The van der Waals surface area contributed by atoms with Crippen molar-refractivity contribution in [1.29, 1.82) is 0 Å². The zero-order chi connectivity index (χ0) is 17.0. The maximum absolute atomic E-state index is 12.3. The quantitative estimate of drug-likeness (QED) is 0.722. The molecule has 1 unspecified atom stereocenters. The number of rotatable bonds is 7. The third-order valence-electron chi connectivity index (χ3n) is 4.63. The molecular formula is C18H24N4O2. The molecule has 128 valence electrons. The molecule has 0 radical (unpaired) electrons. The number of anilines is 1. The van der Waals surface area contributed by atoms with Crippen molar-refractivity contribution in [1.82, 2.24) is 15.1 Å². The van der Waals surface area contributed by atoms with Gasteiger partial charge in [0.2, 0.25) is 5.91 Å². The van der Waals surface area contributed by atoms with Gasteiger partial charge in [0.1, 0.15) is 5.82 Å². The van der Waals surface area contributed by atoms with Gasteiger partial charge in [0, 0.05) is 12.6 Å². The maximum Gasteiger partial charge on any atom is 0.239 e. The first kappa shape index (κ1) is 16.7. The number of aliphatic hydroxyl groups excluding tert-OH is 1. The highest BCUT2D eigenvalue weighted by Gasteiger charge is 2.37. The van der Waals surface area contributed by atoms with Crippen molar-refractivity contribution in [3.8, 4) is 0 Å². The van der Waals surface area contributed by atoms with E-state index in [0.29, 0.717) is 5.82 Å². The zero-order valence-electron chi connectivity index (χ0n) is 14.0. The van der Waals surface area contributed by atoms with Gasteiger partial charge in [-0.3, -0.25) is 10.1 Å². The van der Waals surface area contributed by atoms with E-state index in [1.165, 1.54) is 5.56 Å². The van der Waals surface area contributed by atoms with Gasteiger partial charge in [-0.1, -0.05) is 31.2 Å². The Morgan fingerprint density at radius 1 is 1.38 bits per heavy atom. The molecule has 1 aromatic heterocycles. The number of aliphatic hydroxyl groups is 1. The van der Waals surface area contributed by atoms with E-state index in [9.17, 15) is 9.90 Å². The van der Waals surface area contributed by atoms with Crippen molar-refractivity contribution in [3.63, 3.8) is 0 Å². The summed E-state index contributed by atoms with van der Waals surface area (Å²) in [6, 6.07) is 9.88. The van der Waals surface area contributed by atoms with Crippen molar-refractivity contribution in [2.24, 2.45) is 0 Å². The highest BCUT2D eigenvalue weighted by Crippen LogP contribution is 2.36.